The van der Waals surface area contributed by atoms with Gasteiger partial charge in [-0.05, 0) is 63.9 Å². The van der Waals surface area contributed by atoms with E-state index in [1.165, 1.54) is 25.7 Å². The van der Waals surface area contributed by atoms with Gasteiger partial charge in [0.1, 0.15) is 11.9 Å². The molecule has 2 saturated heterocycles. The molecule has 0 spiro atoms. The molecule has 0 saturated carbocycles. The fourth-order valence-electron chi connectivity index (χ4n) is 3.55. The van der Waals surface area contributed by atoms with Crippen molar-refractivity contribution >= 4 is 11.6 Å². The van der Waals surface area contributed by atoms with E-state index >= 15 is 0 Å². The quantitative estimate of drug-likeness (QED) is 0.827. The first-order valence-corrected chi connectivity index (χ1v) is 8.25. The van der Waals surface area contributed by atoms with Gasteiger partial charge in [0.15, 0.2) is 0 Å². The molecule has 2 aliphatic heterocycles. The van der Waals surface area contributed by atoms with E-state index < -0.39 is 0 Å². The van der Waals surface area contributed by atoms with Gasteiger partial charge in [-0.15, -0.1) is 0 Å². The van der Waals surface area contributed by atoms with Gasteiger partial charge in [-0.3, -0.25) is 0 Å². The third-order valence-corrected chi connectivity index (χ3v) is 5.02. The van der Waals surface area contributed by atoms with E-state index in [2.05, 4.69) is 18.9 Å². The maximum Gasteiger partial charge on any atom is 0.119 e. The van der Waals surface area contributed by atoms with Gasteiger partial charge in [0.25, 0.3) is 0 Å². The lowest BCUT2D eigenvalue weighted by molar-refractivity contribution is -0.0381. The van der Waals surface area contributed by atoms with Crippen LogP contribution in [-0.2, 0) is 4.74 Å². The molecule has 0 aliphatic carbocycles. The van der Waals surface area contributed by atoms with Crippen molar-refractivity contribution in [2.45, 2.75) is 56.9 Å². The highest BCUT2D eigenvalue weighted by molar-refractivity contribution is 6.30. The minimum Gasteiger partial charge on any atom is -0.488 e. The average Bonchev–Trinajstić information content (AvgIpc) is 2.70. The molecule has 3 rings (SSSR count). The van der Waals surface area contributed by atoms with Crippen LogP contribution in [0.1, 0.15) is 32.6 Å². The molecule has 2 aliphatic rings. The van der Waals surface area contributed by atoms with Crippen LogP contribution in [0, 0.1) is 0 Å². The lowest BCUT2D eigenvalue weighted by Gasteiger charge is -2.36. The van der Waals surface area contributed by atoms with Gasteiger partial charge >= 0.3 is 0 Å². The SMILES string of the molecule is C[C@@H](COC1C[C@H]2CC[C@@H](C1)N2C)Oc1ccc(Cl)cc1. The summed E-state index contributed by atoms with van der Waals surface area (Å²) in [6, 6.07) is 8.93. The van der Waals surface area contributed by atoms with Gasteiger partial charge < -0.3 is 14.4 Å². The Kier molecular flexibility index (Phi) is 4.72. The summed E-state index contributed by atoms with van der Waals surface area (Å²) < 4.78 is 11.9. The number of ether oxygens (including phenoxy) is 2. The van der Waals surface area contributed by atoms with Gasteiger partial charge in [0, 0.05) is 17.1 Å². The third-order valence-electron chi connectivity index (χ3n) is 4.77. The largest absolute Gasteiger partial charge is 0.488 e. The fourth-order valence-corrected chi connectivity index (χ4v) is 3.67. The van der Waals surface area contributed by atoms with Gasteiger partial charge in [-0.1, -0.05) is 11.6 Å². The Labute approximate surface area is 132 Å². The molecule has 2 bridgehead atoms. The molecular weight excluding hydrogens is 286 g/mol. The Morgan fingerprint density at radius 3 is 2.43 bits per heavy atom. The van der Waals surface area contributed by atoms with Crippen molar-refractivity contribution in [3.63, 3.8) is 0 Å². The predicted molar refractivity (Wildman–Crippen MR) is 85.1 cm³/mol. The molecule has 2 heterocycles. The first kappa shape index (κ1) is 15.1. The number of fused-ring (bicyclic) bond motifs is 2. The molecule has 0 amide bonds. The predicted octanol–water partition coefficient (Wildman–Crippen LogP) is 3.75. The van der Waals surface area contributed by atoms with E-state index in [1.54, 1.807) is 0 Å². The first-order valence-electron chi connectivity index (χ1n) is 7.87. The standard InChI is InChI=1S/C17H24ClNO2/c1-12(21-16-7-3-13(18)4-8-16)11-20-17-9-14-5-6-15(10-17)19(14)2/h3-4,7-8,12,14-15,17H,5-6,9-11H2,1-2H3/t12-,14-,15+,17?/m0/s1. The lowest BCUT2D eigenvalue weighted by Crippen LogP contribution is -2.43. The fraction of sp³-hybridized carbons (Fsp3) is 0.647. The molecule has 0 N–H and O–H groups in total. The zero-order valence-electron chi connectivity index (χ0n) is 12.8. The summed E-state index contributed by atoms with van der Waals surface area (Å²) in [5.41, 5.74) is 0. The molecule has 0 aromatic heterocycles. The molecule has 21 heavy (non-hydrogen) atoms. The molecule has 1 aromatic rings. The number of benzene rings is 1. The van der Waals surface area contributed by atoms with Crippen LogP contribution in [0.3, 0.4) is 0 Å². The van der Waals surface area contributed by atoms with Crippen LogP contribution in [0.2, 0.25) is 5.02 Å². The van der Waals surface area contributed by atoms with Crippen molar-refractivity contribution in [1.29, 1.82) is 0 Å². The lowest BCUT2D eigenvalue weighted by atomic mass is 10.0. The molecule has 4 atom stereocenters. The molecule has 2 fully saturated rings. The number of hydrogen-bond donors (Lipinski definition) is 0. The van der Waals surface area contributed by atoms with Gasteiger partial charge in [-0.2, -0.15) is 0 Å². The van der Waals surface area contributed by atoms with Crippen LogP contribution in [0.15, 0.2) is 24.3 Å². The zero-order chi connectivity index (χ0) is 14.8. The Hall–Kier alpha value is -0.770. The summed E-state index contributed by atoms with van der Waals surface area (Å²) in [4.78, 5) is 2.54. The van der Waals surface area contributed by atoms with Crippen molar-refractivity contribution in [1.82, 2.24) is 4.90 Å². The topological polar surface area (TPSA) is 21.7 Å². The molecule has 116 valence electrons. The summed E-state index contributed by atoms with van der Waals surface area (Å²) in [6.45, 7) is 2.70. The minimum absolute atomic E-state index is 0.0588. The minimum atomic E-state index is 0.0588. The molecule has 1 unspecified atom stereocenters. The second kappa shape index (κ2) is 6.55. The normalized spacial score (nSPS) is 30.3. The number of hydrogen-bond acceptors (Lipinski definition) is 3. The number of nitrogens with zero attached hydrogens (tertiary/aromatic N) is 1. The number of piperidine rings is 1. The molecule has 3 nitrogen and oxygen atoms in total. The molecule has 1 aromatic carbocycles. The van der Waals surface area contributed by atoms with Crippen molar-refractivity contribution in [2.75, 3.05) is 13.7 Å². The summed E-state index contributed by atoms with van der Waals surface area (Å²) in [5.74, 6) is 0.846. The van der Waals surface area contributed by atoms with Crippen LogP contribution in [-0.4, -0.2) is 42.8 Å². The third kappa shape index (κ3) is 3.71. The van der Waals surface area contributed by atoms with E-state index in [9.17, 15) is 0 Å². The monoisotopic (exact) mass is 309 g/mol. The smallest absolute Gasteiger partial charge is 0.119 e. The maximum absolute atomic E-state index is 6.09. The van der Waals surface area contributed by atoms with Crippen molar-refractivity contribution < 1.29 is 9.47 Å². The highest BCUT2D eigenvalue weighted by atomic mass is 35.5. The molecular formula is C17H24ClNO2. The Bertz CT molecular complexity index is 450. The van der Waals surface area contributed by atoms with E-state index in [-0.39, 0.29) is 6.10 Å². The van der Waals surface area contributed by atoms with E-state index in [1.807, 2.05) is 24.3 Å². The van der Waals surface area contributed by atoms with Crippen LogP contribution in [0.5, 0.6) is 5.75 Å². The number of halogens is 1. The summed E-state index contributed by atoms with van der Waals surface area (Å²) in [7, 11) is 2.25. The van der Waals surface area contributed by atoms with Crippen LogP contribution in [0.4, 0.5) is 0 Å². The molecule has 4 heteroatoms. The summed E-state index contributed by atoms with van der Waals surface area (Å²) in [5, 5.41) is 0.730. The highest BCUT2D eigenvalue weighted by Crippen LogP contribution is 2.35. The van der Waals surface area contributed by atoms with Gasteiger partial charge in [0.05, 0.1) is 12.7 Å². The van der Waals surface area contributed by atoms with Crippen LogP contribution >= 0.6 is 11.6 Å². The van der Waals surface area contributed by atoms with E-state index in [0.717, 1.165) is 22.9 Å². The summed E-state index contributed by atoms with van der Waals surface area (Å²) >= 11 is 5.87. The van der Waals surface area contributed by atoms with Crippen LogP contribution < -0.4 is 4.74 Å². The first-order chi connectivity index (χ1) is 10.1. The average molecular weight is 310 g/mol. The summed E-state index contributed by atoms with van der Waals surface area (Å²) in [6.07, 6.45) is 5.45. The zero-order valence-corrected chi connectivity index (χ0v) is 13.6. The Balaban J connectivity index is 1.44. The Morgan fingerprint density at radius 2 is 1.81 bits per heavy atom. The highest BCUT2D eigenvalue weighted by Gasteiger charge is 2.38. The molecule has 0 radical (unpaired) electrons. The van der Waals surface area contributed by atoms with E-state index in [4.69, 9.17) is 21.1 Å². The number of rotatable bonds is 5. The maximum atomic E-state index is 6.09. The Morgan fingerprint density at radius 1 is 1.19 bits per heavy atom. The van der Waals surface area contributed by atoms with Gasteiger partial charge in [0.2, 0.25) is 0 Å². The van der Waals surface area contributed by atoms with Crippen LogP contribution in [0.25, 0.3) is 0 Å². The second-order valence-electron chi connectivity index (χ2n) is 6.36. The van der Waals surface area contributed by atoms with Crippen molar-refractivity contribution in [3.05, 3.63) is 29.3 Å². The second-order valence-corrected chi connectivity index (χ2v) is 6.80. The van der Waals surface area contributed by atoms with Crippen molar-refractivity contribution in [3.8, 4) is 5.75 Å². The van der Waals surface area contributed by atoms with Crippen molar-refractivity contribution in [2.24, 2.45) is 0 Å². The van der Waals surface area contributed by atoms with Gasteiger partial charge in [-0.25, -0.2) is 0 Å². The van der Waals surface area contributed by atoms with E-state index in [0.29, 0.717) is 12.7 Å².